The van der Waals surface area contributed by atoms with Gasteiger partial charge in [-0.3, -0.25) is 0 Å². The quantitative estimate of drug-likeness (QED) is 0.756. The first-order chi connectivity index (χ1) is 10.2. The Morgan fingerprint density at radius 3 is 2.50 bits per heavy atom. The molecule has 2 aliphatic carbocycles. The van der Waals surface area contributed by atoms with Gasteiger partial charge in [0.25, 0.3) is 0 Å². The third-order valence-corrected chi connectivity index (χ3v) is 5.71. The number of allylic oxidation sites excluding steroid dienone is 5. The standard InChI is InChI=1S/C20H32O2/c1-13(2)7-6-12-20(5,22)17-11-9-14(3)16-10-8-15(4)18(16)19(17)21/h7-9,16-19,21-22H,6,10-12H2,1-5H3/t16-,17+,18+,19+,20-/m0/s1. The highest BCUT2D eigenvalue weighted by Crippen LogP contribution is 2.46. The minimum Gasteiger partial charge on any atom is -0.392 e. The Morgan fingerprint density at radius 1 is 1.23 bits per heavy atom. The summed E-state index contributed by atoms with van der Waals surface area (Å²) < 4.78 is 0. The fraction of sp³-hybridized carbons (Fsp3) is 0.700. The lowest BCUT2D eigenvalue weighted by atomic mass is 9.73. The maximum atomic E-state index is 11.0. The van der Waals surface area contributed by atoms with Gasteiger partial charge in [-0.25, -0.2) is 0 Å². The van der Waals surface area contributed by atoms with E-state index in [4.69, 9.17) is 0 Å². The summed E-state index contributed by atoms with van der Waals surface area (Å²) in [7, 11) is 0. The molecule has 0 fully saturated rings. The van der Waals surface area contributed by atoms with Crippen LogP contribution in [0.4, 0.5) is 0 Å². The Hall–Kier alpha value is -0.860. The highest BCUT2D eigenvalue weighted by Gasteiger charge is 2.45. The second-order valence-corrected chi connectivity index (χ2v) is 7.77. The predicted octanol–water partition coefficient (Wildman–Crippen LogP) is 4.39. The Labute approximate surface area is 135 Å². The van der Waals surface area contributed by atoms with E-state index >= 15 is 0 Å². The molecule has 22 heavy (non-hydrogen) atoms. The van der Waals surface area contributed by atoms with E-state index in [1.54, 1.807) is 0 Å². The first-order valence-corrected chi connectivity index (χ1v) is 8.61. The summed E-state index contributed by atoms with van der Waals surface area (Å²) in [6.45, 7) is 10.4. The van der Waals surface area contributed by atoms with E-state index in [1.165, 1.54) is 16.7 Å². The Kier molecular flexibility index (Phi) is 5.34. The number of aliphatic hydroxyl groups excluding tert-OH is 1. The summed E-state index contributed by atoms with van der Waals surface area (Å²) in [5.41, 5.74) is 3.11. The van der Waals surface area contributed by atoms with E-state index in [9.17, 15) is 10.2 Å². The van der Waals surface area contributed by atoms with Crippen LogP contribution in [0.5, 0.6) is 0 Å². The van der Waals surface area contributed by atoms with Gasteiger partial charge in [-0.2, -0.15) is 0 Å². The van der Waals surface area contributed by atoms with Crippen LogP contribution >= 0.6 is 0 Å². The van der Waals surface area contributed by atoms with Crippen molar-refractivity contribution in [2.45, 2.75) is 72.0 Å². The molecule has 0 spiro atoms. The molecule has 0 saturated carbocycles. The van der Waals surface area contributed by atoms with Gasteiger partial charge >= 0.3 is 0 Å². The van der Waals surface area contributed by atoms with Crippen molar-refractivity contribution in [3.63, 3.8) is 0 Å². The molecule has 2 aliphatic rings. The van der Waals surface area contributed by atoms with E-state index in [1.807, 2.05) is 6.92 Å². The zero-order valence-corrected chi connectivity index (χ0v) is 14.8. The summed E-state index contributed by atoms with van der Waals surface area (Å²) in [4.78, 5) is 0. The van der Waals surface area contributed by atoms with Crippen LogP contribution < -0.4 is 0 Å². The topological polar surface area (TPSA) is 40.5 Å². The predicted molar refractivity (Wildman–Crippen MR) is 92.5 cm³/mol. The molecule has 5 atom stereocenters. The molecule has 0 amide bonds. The second kappa shape index (κ2) is 6.72. The van der Waals surface area contributed by atoms with Gasteiger partial charge < -0.3 is 10.2 Å². The van der Waals surface area contributed by atoms with Crippen molar-refractivity contribution >= 4 is 0 Å². The first-order valence-electron chi connectivity index (χ1n) is 8.61. The molecular formula is C20H32O2. The molecule has 0 radical (unpaired) electrons. The lowest BCUT2D eigenvalue weighted by molar-refractivity contribution is -0.0774. The van der Waals surface area contributed by atoms with E-state index in [-0.39, 0.29) is 11.8 Å². The molecule has 2 rings (SSSR count). The fourth-order valence-corrected chi connectivity index (χ4v) is 4.20. The largest absolute Gasteiger partial charge is 0.392 e. The van der Waals surface area contributed by atoms with Crippen LogP contribution in [0.15, 0.2) is 34.9 Å². The number of fused-ring (bicyclic) bond motifs is 1. The zero-order valence-electron chi connectivity index (χ0n) is 14.8. The van der Waals surface area contributed by atoms with Gasteiger partial charge in [0.15, 0.2) is 0 Å². The van der Waals surface area contributed by atoms with Crippen LogP contribution in [0.2, 0.25) is 0 Å². The molecule has 0 unspecified atom stereocenters. The summed E-state index contributed by atoms with van der Waals surface area (Å²) in [5, 5.41) is 22.0. The number of aliphatic hydroxyl groups is 2. The molecule has 2 nitrogen and oxygen atoms in total. The maximum Gasteiger partial charge on any atom is 0.0678 e. The second-order valence-electron chi connectivity index (χ2n) is 7.77. The third-order valence-electron chi connectivity index (χ3n) is 5.71. The van der Waals surface area contributed by atoms with Gasteiger partial charge in [-0.15, -0.1) is 0 Å². The van der Waals surface area contributed by atoms with Gasteiger partial charge in [0.1, 0.15) is 0 Å². The first kappa shape index (κ1) is 17.5. The van der Waals surface area contributed by atoms with Crippen molar-refractivity contribution < 1.29 is 10.2 Å². The van der Waals surface area contributed by atoms with Gasteiger partial charge in [0.2, 0.25) is 0 Å². The summed E-state index contributed by atoms with van der Waals surface area (Å²) in [5.74, 6) is 0.511. The number of hydrogen-bond donors (Lipinski definition) is 2. The molecule has 0 aromatic carbocycles. The maximum absolute atomic E-state index is 11.0. The number of hydrogen-bond acceptors (Lipinski definition) is 2. The molecule has 124 valence electrons. The van der Waals surface area contributed by atoms with E-state index in [2.05, 4.69) is 45.9 Å². The highest BCUT2D eigenvalue weighted by molar-refractivity contribution is 5.26. The summed E-state index contributed by atoms with van der Waals surface area (Å²) >= 11 is 0. The minimum atomic E-state index is -0.833. The normalized spacial score (nSPS) is 34.1. The smallest absolute Gasteiger partial charge is 0.0678 e. The van der Waals surface area contributed by atoms with Crippen molar-refractivity contribution in [2.75, 3.05) is 0 Å². The van der Waals surface area contributed by atoms with E-state index < -0.39 is 11.7 Å². The zero-order chi connectivity index (χ0) is 16.5. The van der Waals surface area contributed by atoms with Gasteiger partial charge in [-0.1, -0.05) is 34.9 Å². The molecule has 0 aliphatic heterocycles. The van der Waals surface area contributed by atoms with Crippen LogP contribution in [-0.4, -0.2) is 21.9 Å². The van der Waals surface area contributed by atoms with E-state index in [0.717, 1.165) is 19.3 Å². The van der Waals surface area contributed by atoms with Crippen LogP contribution in [0, 0.1) is 17.8 Å². The molecule has 0 heterocycles. The molecule has 0 saturated heterocycles. The van der Waals surface area contributed by atoms with Crippen LogP contribution in [0.1, 0.15) is 60.3 Å². The van der Waals surface area contributed by atoms with Gasteiger partial charge in [0.05, 0.1) is 11.7 Å². The van der Waals surface area contributed by atoms with Gasteiger partial charge in [-0.05, 0) is 66.2 Å². The monoisotopic (exact) mass is 304 g/mol. The van der Waals surface area contributed by atoms with Crippen molar-refractivity contribution in [3.05, 3.63) is 34.9 Å². The lowest BCUT2D eigenvalue weighted by Gasteiger charge is -2.38. The van der Waals surface area contributed by atoms with E-state index in [0.29, 0.717) is 12.3 Å². The van der Waals surface area contributed by atoms with Crippen molar-refractivity contribution in [1.29, 1.82) is 0 Å². The van der Waals surface area contributed by atoms with Gasteiger partial charge in [0, 0.05) is 11.8 Å². The van der Waals surface area contributed by atoms with Crippen molar-refractivity contribution in [2.24, 2.45) is 17.8 Å². The molecule has 0 aromatic rings. The molecule has 0 bridgehead atoms. The van der Waals surface area contributed by atoms with Crippen molar-refractivity contribution in [3.8, 4) is 0 Å². The van der Waals surface area contributed by atoms with Crippen LogP contribution in [0.25, 0.3) is 0 Å². The Morgan fingerprint density at radius 2 is 1.86 bits per heavy atom. The summed E-state index contributed by atoms with van der Waals surface area (Å²) in [6, 6.07) is 0. The average molecular weight is 304 g/mol. The fourth-order valence-electron chi connectivity index (χ4n) is 4.20. The van der Waals surface area contributed by atoms with Crippen LogP contribution in [0.3, 0.4) is 0 Å². The molecule has 2 heteroatoms. The Balaban J connectivity index is 2.19. The van der Waals surface area contributed by atoms with Crippen LogP contribution in [-0.2, 0) is 0 Å². The number of rotatable bonds is 4. The average Bonchev–Trinajstić information content (AvgIpc) is 2.73. The third kappa shape index (κ3) is 3.55. The molecule has 2 N–H and O–H groups in total. The SMILES string of the molecule is CC(C)=CCC[C@](C)(O)[C@@H]1CC=C(C)[C@@H]2CC=C(C)[C@H]2[C@@H]1O. The van der Waals surface area contributed by atoms with Crippen molar-refractivity contribution in [1.82, 2.24) is 0 Å². The summed E-state index contributed by atoms with van der Waals surface area (Å²) in [6.07, 6.45) is 9.59. The minimum absolute atomic E-state index is 0.0931. The Bertz CT molecular complexity index is 492. The highest BCUT2D eigenvalue weighted by atomic mass is 16.3. The molecule has 0 aromatic heterocycles. The molecular weight excluding hydrogens is 272 g/mol. The lowest BCUT2D eigenvalue weighted by Crippen LogP contribution is -2.45.